The Morgan fingerprint density at radius 1 is 0.411 bits per heavy atom. The van der Waals surface area contributed by atoms with E-state index in [0.29, 0.717) is 5.96 Å². The van der Waals surface area contributed by atoms with Crippen molar-refractivity contribution in [2.75, 3.05) is 0 Å². The molecule has 5 nitrogen and oxygen atoms in total. The van der Waals surface area contributed by atoms with Gasteiger partial charge in [-0.2, -0.15) is 4.99 Å². The van der Waals surface area contributed by atoms with Gasteiger partial charge in [-0.1, -0.05) is 152 Å². The van der Waals surface area contributed by atoms with Crippen molar-refractivity contribution >= 4 is 87.7 Å². The van der Waals surface area contributed by atoms with E-state index >= 15 is 0 Å². The first-order valence-corrected chi connectivity index (χ1v) is 19.1. The number of hydrogen-bond acceptors (Lipinski definition) is 3. The summed E-state index contributed by atoms with van der Waals surface area (Å²) in [5, 5.41) is 15.6. The molecule has 9 aromatic carbocycles. The molecule has 262 valence electrons. The Kier molecular flexibility index (Phi) is 6.63. The SMILES string of the molecule is c1ccc2cc3c(cc2c1)c1c(-n2c4ccccc4c4ccccc42)cccc1n3C1=NC(c2cccc3ccccc23)NC(c2cccc3ccccc23)=N1. The van der Waals surface area contributed by atoms with Crippen LogP contribution in [0.4, 0.5) is 0 Å². The molecule has 0 radical (unpaired) electrons. The molecule has 5 heteroatoms. The van der Waals surface area contributed by atoms with Gasteiger partial charge in [-0.3, -0.25) is 4.57 Å². The lowest BCUT2D eigenvalue weighted by Crippen LogP contribution is -2.35. The van der Waals surface area contributed by atoms with E-state index in [0.717, 1.165) is 55.2 Å². The molecule has 11 aromatic rings. The molecule has 2 aromatic heterocycles. The average Bonchev–Trinajstić information content (AvgIpc) is 3.77. The number of aliphatic imine (C=N–C) groups is 2. The molecule has 3 heterocycles. The summed E-state index contributed by atoms with van der Waals surface area (Å²) in [4.78, 5) is 11.0. The smallest absolute Gasteiger partial charge is 0.234 e. The van der Waals surface area contributed by atoms with Gasteiger partial charge in [-0.15, -0.1) is 0 Å². The molecule has 0 saturated heterocycles. The predicted molar refractivity (Wildman–Crippen MR) is 234 cm³/mol. The monoisotopic (exact) mass is 715 g/mol. The Labute approximate surface area is 322 Å². The van der Waals surface area contributed by atoms with E-state index < -0.39 is 6.17 Å². The number of aromatic nitrogens is 2. The van der Waals surface area contributed by atoms with Gasteiger partial charge in [0.05, 0.1) is 27.8 Å². The molecule has 0 amide bonds. The van der Waals surface area contributed by atoms with Crippen molar-refractivity contribution in [3.63, 3.8) is 0 Å². The molecule has 56 heavy (non-hydrogen) atoms. The zero-order chi connectivity index (χ0) is 36.7. The van der Waals surface area contributed by atoms with Crippen LogP contribution in [0, 0.1) is 0 Å². The molecule has 0 saturated carbocycles. The molecule has 1 unspecified atom stereocenters. The topological polar surface area (TPSA) is 46.6 Å². The first kappa shape index (κ1) is 30.9. The van der Waals surface area contributed by atoms with Crippen molar-refractivity contribution in [1.82, 2.24) is 14.5 Å². The summed E-state index contributed by atoms with van der Waals surface area (Å²) in [6.45, 7) is 0. The van der Waals surface area contributed by atoms with Crippen LogP contribution in [0.5, 0.6) is 0 Å². The number of benzene rings is 9. The van der Waals surface area contributed by atoms with E-state index in [1.54, 1.807) is 0 Å². The molecule has 0 fully saturated rings. The van der Waals surface area contributed by atoms with Gasteiger partial charge in [0.25, 0.3) is 0 Å². The Bertz CT molecular complexity index is 3410. The van der Waals surface area contributed by atoms with Gasteiger partial charge in [0.2, 0.25) is 5.96 Å². The lowest BCUT2D eigenvalue weighted by molar-refractivity contribution is 0.674. The third-order valence-electron chi connectivity index (χ3n) is 11.5. The van der Waals surface area contributed by atoms with Gasteiger partial charge < -0.3 is 9.88 Å². The molecule has 12 rings (SSSR count). The normalized spacial score (nSPS) is 14.6. The lowest BCUT2D eigenvalue weighted by atomic mass is 10.0. The fraction of sp³-hybridized carbons (Fsp3) is 0.0196. The van der Waals surface area contributed by atoms with Crippen LogP contribution in [0.15, 0.2) is 198 Å². The fourth-order valence-electron chi connectivity index (χ4n) is 9.07. The number of fused-ring (bicyclic) bond motifs is 9. The van der Waals surface area contributed by atoms with Crippen molar-refractivity contribution in [3.05, 3.63) is 199 Å². The third-order valence-corrected chi connectivity index (χ3v) is 11.5. The first-order valence-electron chi connectivity index (χ1n) is 19.1. The second kappa shape index (κ2) is 12.0. The largest absolute Gasteiger partial charge is 0.344 e. The van der Waals surface area contributed by atoms with Crippen LogP contribution in [0.25, 0.3) is 81.6 Å². The summed E-state index contributed by atoms with van der Waals surface area (Å²) < 4.78 is 4.72. The maximum atomic E-state index is 5.55. The van der Waals surface area contributed by atoms with E-state index in [2.05, 4.69) is 203 Å². The van der Waals surface area contributed by atoms with Crippen LogP contribution in [-0.2, 0) is 0 Å². The molecule has 0 bridgehead atoms. The quantitative estimate of drug-likeness (QED) is 0.194. The summed E-state index contributed by atoms with van der Waals surface area (Å²) in [5.74, 6) is 1.43. The number of amidine groups is 1. The van der Waals surface area contributed by atoms with Gasteiger partial charge in [0.15, 0.2) is 0 Å². The van der Waals surface area contributed by atoms with Crippen LogP contribution < -0.4 is 5.32 Å². The van der Waals surface area contributed by atoms with E-state index in [1.807, 2.05) is 0 Å². The van der Waals surface area contributed by atoms with Crippen molar-refractivity contribution in [3.8, 4) is 5.69 Å². The number of hydrogen-bond donors (Lipinski definition) is 1. The van der Waals surface area contributed by atoms with E-state index in [9.17, 15) is 0 Å². The zero-order valence-corrected chi connectivity index (χ0v) is 30.3. The molecular formula is C51H33N5. The molecule has 0 spiro atoms. The van der Waals surface area contributed by atoms with Gasteiger partial charge >= 0.3 is 0 Å². The second-order valence-corrected chi connectivity index (χ2v) is 14.6. The fourth-order valence-corrected chi connectivity index (χ4v) is 9.07. The van der Waals surface area contributed by atoms with Gasteiger partial charge in [0.1, 0.15) is 12.0 Å². The minimum absolute atomic E-state index is 0.393. The van der Waals surface area contributed by atoms with E-state index in [-0.39, 0.29) is 0 Å². The average molecular weight is 716 g/mol. The van der Waals surface area contributed by atoms with Crippen molar-refractivity contribution in [2.45, 2.75) is 6.17 Å². The van der Waals surface area contributed by atoms with Crippen molar-refractivity contribution in [1.29, 1.82) is 0 Å². The molecule has 1 aliphatic rings. The minimum atomic E-state index is -0.393. The van der Waals surface area contributed by atoms with Gasteiger partial charge in [0, 0.05) is 32.7 Å². The summed E-state index contributed by atoms with van der Waals surface area (Å²) >= 11 is 0. The Morgan fingerprint density at radius 3 is 1.71 bits per heavy atom. The van der Waals surface area contributed by atoms with Crippen molar-refractivity contribution in [2.24, 2.45) is 9.98 Å². The highest BCUT2D eigenvalue weighted by molar-refractivity contribution is 6.23. The second-order valence-electron chi connectivity index (χ2n) is 14.6. The maximum absolute atomic E-state index is 5.55. The molecule has 1 atom stereocenters. The number of para-hydroxylation sites is 2. The summed E-state index contributed by atoms with van der Waals surface area (Å²) in [5.41, 5.74) is 7.72. The number of nitrogens with zero attached hydrogens (tertiary/aromatic N) is 4. The third kappa shape index (κ3) is 4.55. The Balaban J connectivity index is 1.20. The van der Waals surface area contributed by atoms with Crippen LogP contribution in [0.3, 0.4) is 0 Å². The standard InChI is InChI=1S/C51H33N5/c1-2-17-35-31-47-42(30-34(35)16-1)48-45(55-43-26-9-7-22-38(43)39-23-8-10-27-44(39)55)28-13-29-46(48)56(47)51-53-49(40-24-11-18-32-14-3-5-20-36(32)40)52-50(54-51)41-25-12-19-33-15-4-6-21-37(33)41/h1-31,49H,(H,52,53,54). The van der Waals surface area contributed by atoms with Crippen LogP contribution in [-0.4, -0.2) is 20.9 Å². The first-order chi connectivity index (χ1) is 27.8. The summed E-state index contributed by atoms with van der Waals surface area (Å²) in [6, 6.07) is 67.4. The van der Waals surface area contributed by atoms with Crippen LogP contribution in [0.1, 0.15) is 17.3 Å². The minimum Gasteiger partial charge on any atom is -0.344 e. The van der Waals surface area contributed by atoms with Gasteiger partial charge in [-0.05, 0) is 68.7 Å². The van der Waals surface area contributed by atoms with Crippen LogP contribution >= 0.6 is 0 Å². The Morgan fingerprint density at radius 2 is 0.964 bits per heavy atom. The lowest BCUT2D eigenvalue weighted by Gasteiger charge is -2.25. The highest BCUT2D eigenvalue weighted by atomic mass is 15.3. The number of rotatable bonds is 3. The number of nitrogens with one attached hydrogen (secondary N) is 1. The molecule has 0 aliphatic carbocycles. The maximum Gasteiger partial charge on any atom is 0.234 e. The Hall–Kier alpha value is -7.50. The van der Waals surface area contributed by atoms with E-state index in [1.165, 1.54) is 43.4 Å². The van der Waals surface area contributed by atoms with Crippen molar-refractivity contribution < 1.29 is 0 Å². The highest BCUT2D eigenvalue weighted by Crippen LogP contribution is 2.41. The molecule has 1 N–H and O–H groups in total. The van der Waals surface area contributed by atoms with Gasteiger partial charge in [-0.25, -0.2) is 4.99 Å². The molecule has 1 aliphatic heterocycles. The highest BCUT2D eigenvalue weighted by Gasteiger charge is 2.27. The van der Waals surface area contributed by atoms with E-state index in [4.69, 9.17) is 9.98 Å². The predicted octanol–water partition coefficient (Wildman–Crippen LogP) is 12.3. The zero-order valence-electron chi connectivity index (χ0n) is 30.3. The summed E-state index contributed by atoms with van der Waals surface area (Å²) in [7, 11) is 0. The summed E-state index contributed by atoms with van der Waals surface area (Å²) in [6.07, 6.45) is -0.393. The van der Waals surface area contributed by atoms with Crippen LogP contribution in [0.2, 0.25) is 0 Å². The molecular weight excluding hydrogens is 683 g/mol.